The molecule has 0 saturated heterocycles. The van der Waals surface area contributed by atoms with Crippen LogP contribution >= 0.6 is 0 Å². The third-order valence-corrected chi connectivity index (χ3v) is 4.26. The van der Waals surface area contributed by atoms with E-state index in [0.717, 1.165) is 12.8 Å². The van der Waals surface area contributed by atoms with Gasteiger partial charge in [0.1, 0.15) is 15.4 Å². The van der Waals surface area contributed by atoms with Crippen LogP contribution in [0, 0.1) is 5.92 Å². The summed E-state index contributed by atoms with van der Waals surface area (Å²) in [6.07, 6.45) is 3.05. The number of hydrogen-bond donors (Lipinski definition) is 1. The Hall–Kier alpha value is -0.660. The van der Waals surface area contributed by atoms with Gasteiger partial charge in [-0.05, 0) is 32.7 Å². The quantitative estimate of drug-likeness (QED) is 0.614. The van der Waals surface area contributed by atoms with Gasteiger partial charge >= 0.3 is 5.97 Å². The lowest BCUT2D eigenvalue weighted by atomic mass is 9.94. The summed E-state index contributed by atoms with van der Waals surface area (Å²) in [6, 6.07) is 0. The highest BCUT2D eigenvalue weighted by Gasteiger charge is 2.49. The van der Waals surface area contributed by atoms with Gasteiger partial charge in [0.05, 0.1) is 12.4 Å². The molecule has 7 heteroatoms. The van der Waals surface area contributed by atoms with Crippen molar-refractivity contribution in [1.29, 1.82) is 0 Å². The first kappa shape index (κ1) is 16.4. The number of carbonyl (C=O) groups excluding carboxylic acids is 1. The van der Waals surface area contributed by atoms with Crippen molar-refractivity contribution in [2.75, 3.05) is 38.8 Å². The summed E-state index contributed by atoms with van der Waals surface area (Å²) in [5.41, 5.74) is 5.20. The van der Waals surface area contributed by atoms with Crippen LogP contribution in [-0.4, -0.2) is 63.6 Å². The summed E-state index contributed by atoms with van der Waals surface area (Å²) < 4.78 is 27.3. The Bertz CT molecular complexity index is 419. The topological polar surface area (TPSA) is 89.7 Å². The second-order valence-electron chi connectivity index (χ2n) is 5.40. The zero-order chi connectivity index (χ0) is 14.7. The summed E-state index contributed by atoms with van der Waals surface area (Å²) in [6.45, 7) is 2.74. The molecule has 0 aromatic rings. The molecule has 0 amide bonds. The fraction of sp³-hybridized carbons (Fsp3) is 0.917. The van der Waals surface area contributed by atoms with Crippen LogP contribution in [0.3, 0.4) is 0 Å². The van der Waals surface area contributed by atoms with Gasteiger partial charge in [0, 0.05) is 19.3 Å². The predicted molar refractivity (Wildman–Crippen MR) is 73.5 cm³/mol. The first-order valence-corrected chi connectivity index (χ1v) is 8.57. The van der Waals surface area contributed by atoms with E-state index in [1.807, 2.05) is 0 Å². The highest BCUT2D eigenvalue weighted by atomic mass is 32.2. The number of nitrogens with two attached hydrogens (primary N) is 1. The zero-order valence-electron chi connectivity index (χ0n) is 11.9. The lowest BCUT2D eigenvalue weighted by Gasteiger charge is -2.31. The molecule has 0 aliphatic heterocycles. The van der Waals surface area contributed by atoms with Crippen molar-refractivity contribution >= 4 is 15.8 Å². The minimum atomic E-state index is -3.01. The molecule has 1 aliphatic carbocycles. The highest BCUT2D eigenvalue weighted by molar-refractivity contribution is 7.90. The molecule has 2 N–H and O–H groups in total. The third kappa shape index (κ3) is 5.08. The van der Waals surface area contributed by atoms with Crippen molar-refractivity contribution in [3.63, 3.8) is 0 Å². The molecule has 1 aliphatic rings. The molecular weight excluding hydrogens is 268 g/mol. The summed E-state index contributed by atoms with van der Waals surface area (Å²) in [4.78, 5) is 13.8. The molecule has 0 aromatic heterocycles. The molecule has 1 unspecified atom stereocenters. The van der Waals surface area contributed by atoms with E-state index in [9.17, 15) is 13.2 Å². The van der Waals surface area contributed by atoms with E-state index in [0.29, 0.717) is 19.7 Å². The Labute approximate surface area is 115 Å². The van der Waals surface area contributed by atoms with Crippen LogP contribution in [-0.2, 0) is 19.4 Å². The zero-order valence-corrected chi connectivity index (χ0v) is 12.7. The molecule has 0 spiro atoms. The van der Waals surface area contributed by atoms with E-state index in [1.54, 1.807) is 18.9 Å². The number of hydrogen-bond acceptors (Lipinski definition) is 6. The van der Waals surface area contributed by atoms with E-state index in [1.165, 1.54) is 6.26 Å². The molecule has 19 heavy (non-hydrogen) atoms. The highest BCUT2D eigenvalue weighted by Crippen LogP contribution is 2.39. The maximum Gasteiger partial charge on any atom is 0.327 e. The fourth-order valence-corrected chi connectivity index (χ4v) is 2.71. The number of esters is 1. The van der Waals surface area contributed by atoms with E-state index in [-0.39, 0.29) is 17.6 Å². The first-order chi connectivity index (χ1) is 8.69. The standard InChI is InChI=1S/C12H24N2O4S/c1-4-18-11(15)12(13,10-5-6-10)9-14(2)7-8-19(3,16)17/h10H,4-9,13H2,1-3H3. The Morgan fingerprint density at radius 3 is 2.47 bits per heavy atom. The second-order valence-corrected chi connectivity index (χ2v) is 7.66. The largest absolute Gasteiger partial charge is 0.465 e. The number of carbonyl (C=O) groups is 1. The maximum atomic E-state index is 12.0. The smallest absolute Gasteiger partial charge is 0.327 e. The molecular formula is C12H24N2O4S. The third-order valence-electron chi connectivity index (χ3n) is 3.34. The van der Waals surface area contributed by atoms with Crippen LogP contribution in [0.5, 0.6) is 0 Å². The van der Waals surface area contributed by atoms with Crippen molar-refractivity contribution < 1.29 is 17.9 Å². The van der Waals surface area contributed by atoms with E-state index < -0.39 is 15.4 Å². The molecule has 112 valence electrons. The van der Waals surface area contributed by atoms with Gasteiger partial charge in [-0.2, -0.15) is 0 Å². The Morgan fingerprint density at radius 2 is 2.05 bits per heavy atom. The fourth-order valence-electron chi connectivity index (χ4n) is 2.07. The molecule has 6 nitrogen and oxygen atoms in total. The first-order valence-electron chi connectivity index (χ1n) is 6.51. The normalized spacial score (nSPS) is 19.2. The van der Waals surface area contributed by atoms with Crippen LogP contribution in [0.25, 0.3) is 0 Å². The van der Waals surface area contributed by atoms with E-state index in [4.69, 9.17) is 10.5 Å². The predicted octanol–water partition coefficient (Wildman–Crippen LogP) is -0.367. The van der Waals surface area contributed by atoms with Gasteiger partial charge in [0.15, 0.2) is 0 Å². The Balaban J connectivity index is 2.60. The average molecular weight is 292 g/mol. The Morgan fingerprint density at radius 1 is 1.47 bits per heavy atom. The molecule has 1 atom stereocenters. The van der Waals surface area contributed by atoms with Crippen molar-refractivity contribution in [1.82, 2.24) is 4.90 Å². The van der Waals surface area contributed by atoms with Crippen LogP contribution in [0.4, 0.5) is 0 Å². The van der Waals surface area contributed by atoms with Crippen LogP contribution in [0.2, 0.25) is 0 Å². The Kier molecular flexibility index (Phi) is 5.34. The molecule has 0 radical (unpaired) electrons. The molecule has 1 saturated carbocycles. The van der Waals surface area contributed by atoms with Gasteiger partial charge in [-0.3, -0.25) is 0 Å². The summed E-state index contributed by atoms with van der Waals surface area (Å²) >= 11 is 0. The number of sulfone groups is 1. The number of ether oxygens (including phenoxy) is 1. The van der Waals surface area contributed by atoms with Gasteiger partial charge < -0.3 is 15.4 Å². The van der Waals surface area contributed by atoms with E-state index in [2.05, 4.69) is 0 Å². The average Bonchev–Trinajstić information content (AvgIpc) is 3.09. The van der Waals surface area contributed by atoms with Gasteiger partial charge in [0.2, 0.25) is 0 Å². The van der Waals surface area contributed by atoms with E-state index >= 15 is 0 Å². The molecule has 1 fully saturated rings. The molecule has 0 heterocycles. The lowest BCUT2D eigenvalue weighted by molar-refractivity contribution is -0.151. The number of likely N-dealkylation sites (N-methyl/N-ethyl adjacent to an activating group) is 1. The molecule has 1 rings (SSSR count). The lowest BCUT2D eigenvalue weighted by Crippen LogP contribution is -2.58. The molecule has 0 bridgehead atoms. The maximum absolute atomic E-state index is 12.0. The number of rotatable bonds is 8. The minimum Gasteiger partial charge on any atom is -0.465 e. The van der Waals surface area contributed by atoms with Gasteiger partial charge in [-0.15, -0.1) is 0 Å². The molecule has 0 aromatic carbocycles. The van der Waals surface area contributed by atoms with Crippen LogP contribution < -0.4 is 5.73 Å². The minimum absolute atomic E-state index is 0.0626. The van der Waals surface area contributed by atoms with Crippen molar-refractivity contribution in [2.45, 2.75) is 25.3 Å². The summed E-state index contributed by atoms with van der Waals surface area (Å²) in [7, 11) is -1.24. The van der Waals surface area contributed by atoms with Gasteiger partial charge in [-0.1, -0.05) is 0 Å². The van der Waals surface area contributed by atoms with Crippen LogP contribution in [0.1, 0.15) is 19.8 Å². The monoisotopic (exact) mass is 292 g/mol. The number of nitrogens with zero attached hydrogens (tertiary/aromatic N) is 1. The van der Waals surface area contributed by atoms with Gasteiger partial charge in [-0.25, -0.2) is 13.2 Å². The van der Waals surface area contributed by atoms with Crippen molar-refractivity contribution in [2.24, 2.45) is 11.7 Å². The van der Waals surface area contributed by atoms with Gasteiger partial charge in [0.25, 0.3) is 0 Å². The van der Waals surface area contributed by atoms with Crippen molar-refractivity contribution in [3.05, 3.63) is 0 Å². The summed E-state index contributed by atoms with van der Waals surface area (Å²) in [5, 5.41) is 0. The SMILES string of the molecule is CCOC(=O)C(N)(CN(C)CCS(C)(=O)=O)C1CC1. The second kappa shape index (κ2) is 6.19. The van der Waals surface area contributed by atoms with Crippen molar-refractivity contribution in [3.8, 4) is 0 Å². The summed E-state index contributed by atoms with van der Waals surface area (Å²) in [5.74, 6) is -0.177. The van der Waals surface area contributed by atoms with Crippen LogP contribution in [0.15, 0.2) is 0 Å².